The summed E-state index contributed by atoms with van der Waals surface area (Å²) in [6.07, 6.45) is 5.60. The van der Waals surface area contributed by atoms with Crippen LogP contribution in [-0.4, -0.2) is 15.0 Å². The van der Waals surface area contributed by atoms with Crippen molar-refractivity contribution < 1.29 is 0 Å². The Labute approximate surface area is 94.5 Å². The van der Waals surface area contributed by atoms with E-state index in [1.807, 2.05) is 12.1 Å². The maximum absolute atomic E-state index is 4.35. The van der Waals surface area contributed by atoms with Gasteiger partial charge in [0.2, 0.25) is 0 Å². The summed E-state index contributed by atoms with van der Waals surface area (Å²) in [6.45, 7) is 0. The molecule has 4 rings (SSSR count). The van der Waals surface area contributed by atoms with Gasteiger partial charge < -0.3 is 0 Å². The van der Waals surface area contributed by atoms with Gasteiger partial charge in [-0.2, -0.15) is 0 Å². The maximum Gasteiger partial charge on any atom is 0.113 e. The third-order valence-corrected chi connectivity index (χ3v) is 4.27. The number of fused-ring (bicyclic) bond motifs is 2. The summed E-state index contributed by atoms with van der Waals surface area (Å²) in [5, 5.41) is 8.60. The first kappa shape index (κ1) is 8.74. The molecule has 0 aliphatic heterocycles. The lowest BCUT2D eigenvalue weighted by molar-refractivity contribution is 0.480. The highest BCUT2D eigenvalue weighted by Gasteiger charge is 2.52. The molecule has 3 nitrogen and oxygen atoms in total. The first-order valence-corrected chi connectivity index (χ1v) is 6.25. The zero-order valence-corrected chi connectivity index (χ0v) is 9.21. The molecule has 1 aromatic heterocycles. The Morgan fingerprint density at radius 1 is 1.06 bits per heavy atom. The van der Waals surface area contributed by atoms with Gasteiger partial charge in [0.05, 0.1) is 11.6 Å². The summed E-state index contributed by atoms with van der Waals surface area (Å²) in [5.41, 5.74) is 2.24. The minimum Gasteiger partial charge on any atom is -0.241 e. The number of nitrogens with zero attached hydrogens (tertiary/aromatic N) is 3. The van der Waals surface area contributed by atoms with Crippen molar-refractivity contribution in [3.63, 3.8) is 0 Å². The molecule has 2 atom stereocenters. The number of hydrogen-bond donors (Lipinski definition) is 0. The summed E-state index contributed by atoms with van der Waals surface area (Å²) in [7, 11) is 0. The molecule has 2 aromatic rings. The fourth-order valence-electron chi connectivity index (χ4n) is 3.42. The van der Waals surface area contributed by atoms with Crippen LogP contribution < -0.4 is 0 Å². The van der Waals surface area contributed by atoms with Crippen LogP contribution in [0.15, 0.2) is 24.3 Å². The molecular weight excluding hydrogens is 198 g/mol. The zero-order valence-electron chi connectivity index (χ0n) is 9.21. The summed E-state index contributed by atoms with van der Waals surface area (Å²) in [6, 6.07) is 8.94. The molecule has 16 heavy (non-hydrogen) atoms. The molecule has 3 heteroatoms. The van der Waals surface area contributed by atoms with Crippen LogP contribution in [0.5, 0.6) is 0 Å². The van der Waals surface area contributed by atoms with Gasteiger partial charge in [0.25, 0.3) is 0 Å². The number of para-hydroxylation sites is 1. The first-order chi connectivity index (χ1) is 7.95. The monoisotopic (exact) mass is 213 g/mol. The second-order valence-corrected chi connectivity index (χ2v) is 5.13. The van der Waals surface area contributed by atoms with Crippen molar-refractivity contribution in [1.29, 1.82) is 0 Å². The third-order valence-electron chi connectivity index (χ3n) is 4.27. The van der Waals surface area contributed by atoms with E-state index in [4.69, 9.17) is 0 Å². The molecule has 2 unspecified atom stereocenters. The van der Waals surface area contributed by atoms with Crippen molar-refractivity contribution in [1.82, 2.24) is 15.0 Å². The van der Waals surface area contributed by atoms with Crippen LogP contribution >= 0.6 is 0 Å². The van der Waals surface area contributed by atoms with E-state index in [0.29, 0.717) is 6.04 Å². The molecule has 1 aromatic carbocycles. The van der Waals surface area contributed by atoms with Gasteiger partial charge in [-0.25, -0.2) is 4.68 Å². The summed E-state index contributed by atoms with van der Waals surface area (Å²) in [4.78, 5) is 0. The van der Waals surface area contributed by atoms with E-state index in [-0.39, 0.29) is 0 Å². The highest BCUT2D eigenvalue weighted by molar-refractivity contribution is 5.74. The second kappa shape index (κ2) is 3.06. The lowest BCUT2D eigenvalue weighted by Crippen LogP contribution is -1.99. The molecule has 0 bridgehead atoms. The molecule has 0 radical (unpaired) electrons. The van der Waals surface area contributed by atoms with Crippen molar-refractivity contribution in [2.45, 2.75) is 31.7 Å². The summed E-state index contributed by atoms with van der Waals surface area (Å²) in [5.74, 6) is 1.78. The predicted octanol–water partition coefficient (Wildman–Crippen LogP) is 2.79. The van der Waals surface area contributed by atoms with E-state index in [0.717, 1.165) is 17.4 Å². The Balaban J connectivity index is 1.77. The van der Waals surface area contributed by atoms with Crippen molar-refractivity contribution in [2.24, 2.45) is 11.8 Å². The molecule has 0 spiro atoms. The van der Waals surface area contributed by atoms with Crippen LogP contribution in [0.1, 0.15) is 31.7 Å². The number of hydrogen-bond acceptors (Lipinski definition) is 2. The van der Waals surface area contributed by atoms with Gasteiger partial charge in [-0.15, -0.1) is 5.10 Å². The molecule has 2 fully saturated rings. The Kier molecular flexibility index (Phi) is 1.67. The van der Waals surface area contributed by atoms with E-state index >= 15 is 0 Å². The van der Waals surface area contributed by atoms with Crippen molar-refractivity contribution in [3.8, 4) is 0 Å². The van der Waals surface area contributed by atoms with Crippen molar-refractivity contribution in [3.05, 3.63) is 24.3 Å². The average molecular weight is 213 g/mol. The Morgan fingerprint density at radius 3 is 2.62 bits per heavy atom. The van der Waals surface area contributed by atoms with Crippen LogP contribution in [0.4, 0.5) is 0 Å². The van der Waals surface area contributed by atoms with E-state index in [2.05, 4.69) is 27.1 Å². The van der Waals surface area contributed by atoms with Crippen LogP contribution in [0.2, 0.25) is 0 Å². The minimum atomic E-state index is 0.648. The fraction of sp³-hybridized carbons (Fsp3) is 0.538. The largest absolute Gasteiger partial charge is 0.241 e. The zero-order chi connectivity index (χ0) is 10.5. The van der Waals surface area contributed by atoms with Gasteiger partial charge in [-0.1, -0.05) is 30.2 Å². The van der Waals surface area contributed by atoms with E-state index in [1.54, 1.807) is 0 Å². The molecule has 2 aliphatic rings. The Hall–Kier alpha value is -1.38. The molecular formula is C13H15N3. The average Bonchev–Trinajstić information content (AvgIpc) is 2.92. The maximum atomic E-state index is 4.35. The molecule has 82 valence electrons. The van der Waals surface area contributed by atoms with Gasteiger partial charge in [0.15, 0.2) is 0 Å². The van der Waals surface area contributed by atoms with Crippen LogP contribution in [0.3, 0.4) is 0 Å². The van der Waals surface area contributed by atoms with E-state index in [9.17, 15) is 0 Å². The van der Waals surface area contributed by atoms with E-state index < -0.39 is 0 Å². The van der Waals surface area contributed by atoms with Crippen molar-refractivity contribution >= 4 is 11.0 Å². The Bertz CT molecular complexity index is 519. The van der Waals surface area contributed by atoms with Crippen LogP contribution in [-0.2, 0) is 0 Å². The van der Waals surface area contributed by atoms with Gasteiger partial charge in [0, 0.05) is 0 Å². The van der Waals surface area contributed by atoms with Crippen LogP contribution in [0, 0.1) is 11.8 Å². The van der Waals surface area contributed by atoms with E-state index in [1.165, 1.54) is 31.2 Å². The van der Waals surface area contributed by atoms with Gasteiger partial charge in [0.1, 0.15) is 5.52 Å². The second-order valence-electron chi connectivity index (χ2n) is 5.13. The number of aromatic nitrogens is 3. The lowest BCUT2D eigenvalue weighted by atomic mass is 10.0. The Morgan fingerprint density at radius 2 is 1.81 bits per heavy atom. The van der Waals surface area contributed by atoms with Gasteiger partial charge in [-0.3, -0.25) is 0 Å². The van der Waals surface area contributed by atoms with Gasteiger partial charge >= 0.3 is 0 Å². The molecule has 2 saturated carbocycles. The summed E-state index contributed by atoms with van der Waals surface area (Å²) >= 11 is 0. The molecule has 0 N–H and O–H groups in total. The predicted molar refractivity (Wildman–Crippen MR) is 62.0 cm³/mol. The van der Waals surface area contributed by atoms with Crippen LogP contribution in [0.25, 0.3) is 11.0 Å². The normalized spacial score (nSPS) is 32.6. The quantitative estimate of drug-likeness (QED) is 0.729. The molecule has 1 heterocycles. The third kappa shape index (κ3) is 1.09. The topological polar surface area (TPSA) is 30.7 Å². The lowest BCUT2D eigenvalue weighted by Gasteiger charge is -2.04. The number of benzene rings is 1. The highest BCUT2D eigenvalue weighted by Crippen LogP contribution is 2.58. The van der Waals surface area contributed by atoms with Crippen molar-refractivity contribution in [2.75, 3.05) is 0 Å². The molecule has 0 saturated heterocycles. The molecule has 0 amide bonds. The summed E-state index contributed by atoms with van der Waals surface area (Å²) < 4.78 is 2.18. The molecule has 2 aliphatic carbocycles. The number of rotatable bonds is 1. The standard InChI is InChI=1S/C13H15N3/c1-2-6-10-9(5-1)13(10)16-12-8-4-3-7-11(12)14-15-16/h3-4,7-10,13H,1-2,5-6H2. The SMILES string of the molecule is c1ccc2c(c1)nnn2C1C2CCCCC21. The minimum absolute atomic E-state index is 0.648. The fourth-order valence-corrected chi connectivity index (χ4v) is 3.42. The smallest absolute Gasteiger partial charge is 0.113 e. The van der Waals surface area contributed by atoms with Gasteiger partial charge in [-0.05, 0) is 36.8 Å². The highest BCUT2D eigenvalue weighted by atomic mass is 15.5. The first-order valence-electron chi connectivity index (χ1n) is 6.25.